The molecule has 0 aromatic heterocycles. The Hall–Kier alpha value is -2.45. The van der Waals surface area contributed by atoms with E-state index in [1.54, 1.807) is 12.0 Å². The third-order valence-corrected chi connectivity index (χ3v) is 8.00. The summed E-state index contributed by atoms with van der Waals surface area (Å²) in [5.74, 6) is -0.617. The molecule has 1 aromatic carbocycles. The van der Waals surface area contributed by atoms with E-state index in [1.165, 1.54) is 5.06 Å². The van der Waals surface area contributed by atoms with Crippen molar-refractivity contribution < 1.29 is 28.7 Å². The SMILES string of the molecule is CO[C@H]([C@@H](C)C(=O)C[C@@]1(C(=O)N2CCCCO2)C[C@H]1c1ccccc1)[C@@H]1CCCN1C(=O)OC(C)(C)C. The van der Waals surface area contributed by atoms with E-state index in [1.807, 2.05) is 58.0 Å². The number of benzene rings is 1. The second-order valence-corrected chi connectivity index (χ2v) is 11.8. The van der Waals surface area contributed by atoms with E-state index in [-0.39, 0.29) is 36.2 Å². The van der Waals surface area contributed by atoms with Gasteiger partial charge in [-0.2, -0.15) is 0 Å². The van der Waals surface area contributed by atoms with Crippen LogP contribution in [0, 0.1) is 11.3 Å². The minimum absolute atomic E-state index is 0.0198. The number of rotatable bonds is 8. The maximum absolute atomic E-state index is 13.8. The Kier molecular flexibility index (Phi) is 8.29. The number of hydrogen-bond acceptors (Lipinski definition) is 6. The van der Waals surface area contributed by atoms with Gasteiger partial charge in [0, 0.05) is 32.5 Å². The lowest BCUT2D eigenvalue weighted by Gasteiger charge is -2.35. The first-order valence-electron chi connectivity index (χ1n) is 13.6. The molecule has 37 heavy (non-hydrogen) atoms. The van der Waals surface area contributed by atoms with Gasteiger partial charge in [0.25, 0.3) is 5.91 Å². The summed E-state index contributed by atoms with van der Waals surface area (Å²) < 4.78 is 11.5. The number of hydroxylamine groups is 2. The van der Waals surface area contributed by atoms with Gasteiger partial charge in [-0.3, -0.25) is 14.4 Å². The molecule has 0 unspecified atom stereocenters. The topological polar surface area (TPSA) is 85.4 Å². The number of carbonyl (C=O) groups is 3. The number of methoxy groups -OCH3 is 1. The van der Waals surface area contributed by atoms with Crippen LogP contribution in [0.4, 0.5) is 4.79 Å². The van der Waals surface area contributed by atoms with E-state index in [0.29, 0.717) is 26.1 Å². The zero-order chi connectivity index (χ0) is 26.8. The molecule has 8 nitrogen and oxygen atoms in total. The zero-order valence-electron chi connectivity index (χ0n) is 22.9. The number of carbonyl (C=O) groups excluding carboxylic acids is 3. The number of Topliss-reactive ketones (excluding diaryl/α,β-unsaturated/α-hetero) is 1. The van der Waals surface area contributed by atoms with Gasteiger partial charge in [0.1, 0.15) is 11.4 Å². The third kappa shape index (κ3) is 6.01. The zero-order valence-corrected chi connectivity index (χ0v) is 22.9. The molecular formula is C29H42N2O6. The molecule has 0 spiro atoms. The van der Waals surface area contributed by atoms with Gasteiger partial charge in [-0.1, -0.05) is 37.3 Å². The summed E-state index contributed by atoms with van der Waals surface area (Å²) in [7, 11) is 1.59. The van der Waals surface area contributed by atoms with Crippen molar-refractivity contribution in [2.45, 2.75) is 89.9 Å². The molecule has 1 saturated carbocycles. The van der Waals surface area contributed by atoms with E-state index in [0.717, 1.165) is 31.2 Å². The molecule has 8 heteroatoms. The number of ether oxygens (including phenoxy) is 2. The molecular weight excluding hydrogens is 472 g/mol. The standard InChI is InChI=1S/C29H42N2O6/c1-20(25(35-5)23-14-11-15-30(23)27(34)37-28(2,3)4)24(32)19-29(26(33)31-16-9-10-17-36-31)18-22(29)21-12-7-6-8-13-21/h6-8,12-13,20,22-23,25H,9-11,14-19H2,1-5H3/t20-,22-,23-,25+,29-/m0/s1. The van der Waals surface area contributed by atoms with Crippen molar-refractivity contribution in [1.29, 1.82) is 0 Å². The molecule has 1 aliphatic carbocycles. The van der Waals surface area contributed by atoms with Crippen LogP contribution in [0.15, 0.2) is 30.3 Å². The molecule has 2 saturated heterocycles. The second-order valence-electron chi connectivity index (χ2n) is 11.8. The van der Waals surface area contributed by atoms with Crippen LogP contribution in [0.3, 0.4) is 0 Å². The van der Waals surface area contributed by atoms with Crippen LogP contribution in [-0.4, -0.2) is 72.3 Å². The first-order valence-corrected chi connectivity index (χ1v) is 13.6. The van der Waals surface area contributed by atoms with Crippen LogP contribution in [0.2, 0.25) is 0 Å². The smallest absolute Gasteiger partial charge is 0.410 e. The summed E-state index contributed by atoms with van der Waals surface area (Å²) in [4.78, 5) is 47.8. The van der Waals surface area contributed by atoms with Gasteiger partial charge in [0.15, 0.2) is 0 Å². The average molecular weight is 515 g/mol. The van der Waals surface area contributed by atoms with Crippen LogP contribution >= 0.6 is 0 Å². The fourth-order valence-corrected chi connectivity index (χ4v) is 5.97. The number of likely N-dealkylation sites (tertiary alicyclic amines) is 1. The molecule has 1 aromatic rings. The largest absolute Gasteiger partial charge is 0.444 e. The minimum Gasteiger partial charge on any atom is -0.444 e. The van der Waals surface area contributed by atoms with Crippen LogP contribution in [0.5, 0.6) is 0 Å². The van der Waals surface area contributed by atoms with E-state index in [4.69, 9.17) is 14.3 Å². The monoisotopic (exact) mass is 514 g/mol. The summed E-state index contributed by atoms with van der Waals surface area (Å²) in [5, 5.41) is 1.49. The number of amides is 2. The molecule has 5 atom stereocenters. The van der Waals surface area contributed by atoms with Gasteiger partial charge in [-0.05, 0) is 64.4 Å². The van der Waals surface area contributed by atoms with Crippen molar-refractivity contribution in [1.82, 2.24) is 9.96 Å². The lowest BCUT2D eigenvalue weighted by molar-refractivity contribution is -0.203. The Balaban J connectivity index is 1.51. The summed E-state index contributed by atoms with van der Waals surface area (Å²) in [6.45, 7) is 9.05. The van der Waals surface area contributed by atoms with Gasteiger partial charge < -0.3 is 14.4 Å². The first-order chi connectivity index (χ1) is 17.6. The molecule has 2 amide bonds. The van der Waals surface area contributed by atoms with Crippen molar-refractivity contribution in [3.05, 3.63) is 35.9 Å². The summed E-state index contributed by atoms with van der Waals surface area (Å²) in [6, 6.07) is 9.70. The highest BCUT2D eigenvalue weighted by atomic mass is 16.7. The van der Waals surface area contributed by atoms with Crippen molar-refractivity contribution in [3.63, 3.8) is 0 Å². The fraction of sp³-hybridized carbons (Fsp3) is 0.690. The molecule has 0 N–H and O–H groups in total. The van der Waals surface area contributed by atoms with Crippen molar-refractivity contribution in [2.24, 2.45) is 11.3 Å². The van der Waals surface area contributed by atoms with Crippen LogP contribution in [-0.2, 0) is 23.9 Å². The molecule has 0 radical (unpaired) electrons. The van der Waals surface area contributed by atoms with E-state index >= 15 is 0 Å². The van der Waals surface area contributed by atoms with E-state index in [2.05, 4.69) is 0 Å². The highest BCUT2D eigenvalue weighted by Gasteiger charge is 2.63. The quantitative estimate of drug-likeness (QED) is 0.499. The molecule has 4 rings (SSSR count). The van der Waals surface area contributed by atoms with Gasteiger partial charge in [-0.15, -0.1) is 0 Å². The molecule has 3 fully saturated rings. The number of nitrogens with zero attached hydrogens (tertiary/aromatic N) is 2. The molecule has 3 aliphatic rings. The van der Waals surface area contributed by atoms with Gasteiger partial charge in [0.05, 0.1) is 24.2 Å². The van der Waals surface area contributed by atoms with Crippen molar-refractivity contribution in [3.8, 4) is 0 Å². The minimum atomic E-state index is -0.803. The molecule has 2 heterocycles. The highest BCUT2D eigenvalue weighted by molar-refractivity contribution is 5.94. The van der Waals surface area contributed by atoms with Crippen molar-refractivity contribution in [2.75, 3.05) is 26.8 Å². The predicted molar refractivity (Wildman–Crippen MR) is 139 cm³/mol. The number of hydrogen-bond donors (Lipinski definition) is 0. The second kappa shape index (κ2) is 11.1. The lowest BCUT2D eigenvalue weighted by atomic mass is 9.84. The Bertz CT molecular complexity index is 970. The Morgan fingerprint density at radius 2 is 1.84 bits per heavy atom. The molecule has 0 bridgehead atoms. The van der Waals surface area contributed by atoms with E-state index < -0.39 is 23.0 Å². The van der Waals surface area contributed by atoms with Crippen LogP contribution < -0.4 is 0 Å². The summed E-state index contributed by atoms with van der Waals surface area (Å²) in [6.07, 6.45) is 3.30. The summed E-state index contributed by atoms with van der Waals surface area (Å²) in [5.41, 5.74) is -0.331. The lowest BCUT2D eigenvalue weighted by Crippen LogP contribution is -2.49. The maximum Gasteiger partial charge on any atom is 0.410 e. The summed E-state index contributed by atoms with van der Waals surface area (Å²) >= 11 is 0. The Morgan fingerprint density at radius 3 is 2.46 bits per heavy atom. The Labute approximate surface area is 220 Å². The predicted octanol–water partition coefficient (Wildman–Crippen LogP) is 4.72. The van der Waals surface area contributed by atoms with Gasteiger partial charge in [0.2, 0.25) is 0 Å². The van der Waals surface area contributed by atoms with Crippen LogP contribution in [0.1, 0.15) is 77.7 Å². The fourth-order valence-electron chi connectivity index (χ4n) is 5.97. The van der Waals surface area contributed by atoms with Gasteiger partial charge >= 0.3 is 6.09 Å². The first kappa shape index (κ1) is 27.6. The molecule has 204 valence electrons. The Morgan fingerprint density at radius 1 is 1.11 bits per heavy atom. The van der Waals surface area contributed by atoms with Gasteiger partial charge in [-0.25, -0.2) is 9.86 Å². The average Bonchev–Trinajstić information content (AvgIpc) is 3.39. The normalized spacial score (nSPS) is 27.5. The maximum atomic E-state index is 13.8. The molecule has 2 aliphatic heterocycles. The highest BCUT2D eigenvalue weighted by Crippen LogP contribution is 2.63. The van der Waals surface area contributed by atoms with Crippen LogP contribution in [0.25, 0.3) is 0 Å². The third-order valence-electron chi connectivity index (χ3n) is 8.00. The van der Waals surface area contributed by atoms with Crippen molar-refractivity contribution >= 4 is 17.8 Å². The van der Waals surface area contributed by atoms with E-state index in [9.17, 15) is 14.4 Å². The number of ketones is 1.